The minimum Gasteiger partial charge on any atom is -0.481 e. The second-order valence-electron chi connectivity index (χ2n) is 4.45. The minimum atomic E-state index is -3.23. The van der Waals surface area contributed by atoms with Gasteiger partial charge in [-0.15, -0.1) is 0 Å². The number of carboxylic acid groups (broad SMARTS) is 1. The van der Waals surface area contributed by atoms with Gasteiger partial charge in [-0.25, -0.2) is 12.7 Å². The normalized spacial score (nSPS) is 29.5. The third-order valence-corrected chi connectivity index (χ3v) is 5.36. The van der Waals surface area contributed by atoms with Crippen LogP contribution in [0, 0.1) is 11.3 Å². The molecule has 1 unspecified atom stereocenters. The second kappa shape index (κ2) is 3.18. The van der Waals surface area contributed by atoms with Gasteiger partial charge in [-0.05, 0) is 25.2 Å². The molecule has 1 N–H and O–H groups in total. The van der Waals surface area contributed by atoms with Crippen LogP contribution in [0.4, 0.5) is 0 Å². The fourth-order valence-corrected chi connectivity index (χ4v) is 3.52. The Morgan fingerprint density at radius 3 is 2.47 bits per heavy atom. The van der Waals surface area contributed by atoms with Crippen LogP contribution in [0.1, 0.15) is 19.8 Å². The molecule has 0 radical (unpaired) electrons. The van der Waals surface area contributed by atoms with Crippen molar-refractivity contribution in [2.24, 2.45) is 11.3 Å². The predicted octanol–water partition coefficient (Wildman–Crippen LogP) is 0.133. The van der Waals surface area contributed by atoms with Crippen LogP contribution in [0.3, 0.4) is 0 Å². The van der Waals surface area contributed by atoms with Crippen LogP contribution in [0.15, 0.2) is 0 Å². The van der Waals surface area contributed by atoms with Crippen molar-refractivity contribution in [3.05, 3.63) is 0 Å². The number of nitrogens with zero attached hydrogens (tertiary/aromatic N) is 1. The van der Waals surface area contributed by atoms with Crippen molar-refractivity contribution in [3.8, 4) is 0 Å². The summed E-state index contributed by atoms with van der Waals surface area (Å²) in [7, 11) is -3.23. The number of carbonyl (C=O) groups is 1. The predicted molar refractivity (Wildman–Crippen MR) is 53.8 cm³/mol. The monoisotopic (exact) mass is 233 g/mol. The number of sulfonamides is 1. The maximum absolute atomic E-state index is 11.6. The van der Waals surface area contributed by atoms with Crippen molar-refractivity contribution in [2.45, 2.75) is 19.8 Å². The van der Waals surface area contributed by atoms with E-state index in [9.17, 15) is 13.2 Å². The first-order chi connectivity index (χ1) is 6.91. The zero-order valence-corrected chi connectivity index (χ0v) is 9.46. The molecule has 1 aliphatic heterocycles. The van der Waals surface area contributed by atoms with Crippen molar-refractivity contribution in [2.75, 3.05) is 18.8 Å². The average molecular weight is 233 g/mol. The first kappa shape index (κ1) is 10.9. The van der Waals surface area contributed by atoms with Gasteiger partial charge in [0.25, 0.3) is 0 Å². The van der Waals surface area contributed by atoms with Gasteiger partial charge in [-0.3, -0.25) is 4.79 Å². The lowest BCUT2D eigenvalue weighted by molar-refractivity contribution is -0.142. The Bertz CT molecular complexity index is 385. The smallest absolute Gasteiger partial charge is 0.308 e. The summed E-state index contributed by atoms with van der Waals surface area (Å²) in [5.41, 5.74) is -0.242. The van der Waals surface area contributed by atoms with E-state index in [2.05, 4.69) is 0 Å². The Balaban J connectivity index is 2.20. The van der Waals surface area contributed by atoms with Gasteiger partial charge < -0.3 is 5.11 Å². The Labute approximate surface area is 89.1 Å². The largest absolute Gasteiger partial charge is 0.481 e. The molecule has 0 aromatic heterocycles. The third kappa shape index (κ3) is 1.65. The molecular weight excluding hydrogens is 218 g/mol. The lowest BCUT2D eigenvalue weighted by atomic mass is 9.93. The van der Waals surface area contributed by atoms with Crippen molar-refractivity contribution >= 4 is 16.0 Å². The highest BCUT2D eigenvalue weighted by atomic mass is 32.2. The molecule has 15 heavy (non-hydrogen) atoms. The van der Waals surface area contributed by atoms with Gasteiger partial charge in [0.05, 0.1) is 11.7 Å². The summed E-state index contributed by atoms with van der Waals surface area (Å²) in [5, 5.41) is 9.02. The van der Waals surface area contributed by atoms with Gasteiger partial charge in [0.1, 0.15) is 0 Å². The van der Waals surface area contributed by atoms with Crippen LogP contribution in [0.5, 0.6) is 0 Å². The molecule has 2 rings (SSSR count). The number of rotatable bonds is 3. The van der Waals surface area contributed by atoms with Crippen molar-refractivity contribution < 1.29 is 18.3 Å². The number of hydrogen-bond donors (Lipinski definition) is 1. The molecule has 86 valence electrons. The molecule has 5 nitrogen and oxygen atoms in total. The summed E-state index contributed by atoms with van der Waals surface area (Å²) in [4.78, 5) is 11.0. The van der Waals surface area contributed by atoms with E-state index in [1.165, 1.54) is 4.31 Å². The zero-order chi connectivity index (χ0) is 11.3. The Morgan fingerprint density at radius 1 is 1.53 bits per heavy atom. The minimum absolute atomic E-state index is 0.0510. The molecule has 1 atom stereocenters. The highest BCUT2D eigenvalue weighted by Crippen LogP contribution is 2.56. The van der Waals surface area contributed by atoms with Crippen LogP contribution in [0.25, 0.3) is 0 Å². The standard InChI is InChI=1S/C9H15NO4S/c1-2-15(13,14)10-5-7(8(11)12)9(6-10)3-4-9/h7H,2-6H2,1H3,(H,11,12). The van der Waals surface area contributed by atoms with Gasteiger partial charge in [0.2, 0.25) is 10.0 Å². The van der Waals surface area contributed by atoms with E-state index in [4.69, 9.17) is 5.11 Å². The van der Waals surface area contributed by atoms with E-state index >= 15 is 0 Å². The van der Waals surface area contributed by atoms with Gasteiger partial charge in [-0.2, -0.15) is 0 Å². The van der Waals surface area contributed by atoms with E-state index in [1.54, 1.807) is 6.92 Å². The van der Waals surface area contributed by atoms with Gasteiger partial charge in [0, 0.05) is 13.1 Å². The number of hydrogen-bond acceptors (Lipinski definition) is 3. The first-order valence-electron chi connectivity index (χ1n) is 5.12. The molecular formula is C9H15NO4S. The van der Waals surface area contributed by atoms with Crippen LogP contribution in [-0.4, -0.2) is 42.6 Å². The van der Waals surface area contributed by atoms with E-state index in [0.29, 0.717) is 6.54 Å². The molecule has 0 aromatic carbocycles. The molecule has 1 aliphatic carbocycles. The molecule has 6 heteroatoms. The Hall–Kier alpha value is -0.620. The third-order valence-electron chi connectivity index (χ3n) is 3.57. The highest BCUT2D eigenvalue weighted by molar-refractivity contribution is 7.89. The average Bonchev–Trinajstić information content (AvgIpc) is 2.77. The van der Waals surface area contributed by atoms with Gasteiger partial charge in [-0.1, -0.05) is 0 Å². The van der Waals surface area contributed by atoms with Crippen LogP contribution in [0.2, 0.25) is 0 Å². The van der Waals surface area contributed by atoms with E-state index in [-0.39, 0.29) is 17.7 Å². The van der Waals surface area contributed by atoms with E-state index in [1.807, 2.05) is 0 Å². The lowest BCUT2D eigenvalue weighted by Crippen LogP contribution is -2.31. The SMILES string of the molecule is CCS(=O)(=O)N1CC(C(=O)O)C2(CC2)C1. The first-order valence-corrected chi connectivity index (χ1v) is 6.73. The van der Waals surface area contributed by atoms with Crippen molar-refractivity contribution in [3.63, 3.8) is 0 Å². The van der Waals surface area contributed by atoms with E-state index < -0.39 is 21.9 Å². The summed E-state index contributed by atoms with van der Waals surface area (Å²) in [6.07, 6.45) is 1.69. The highest BCUT2D eigenvalue weighted by Gasteiger charge is 2.59. The zero-order valence-electron chi connectivity index (χ0n) is 8.64. The second-order valence-corrected chi connectivity index (χ2v) is 6.70. The van der Waals surface area contributed by atoms with Crippen LogP contribution >= 0.6 is 0 Å². The fraction of sp³-hybridized carbons (Fsp3) is 0.889. The van der Waals surface area contributed by atoms with Crippen molar-refractivity contribution in [1.82, 2.24) is 4.31 Å². The molecule has 1 saturated carbocycles. The molecule has 0 amide bonds. The number of aliphatic carboxylic acids is 1. The lowest BCUT2D eigenvalue weighted by Gasteiger charge is -2.14. The molecule has 0 bridgehead atoms. The van der Waals surface area contributed by atoms with Crippen LogP contribution < -0.4 is 0 Å². The summed E-state index contributed by atoms with van der Waals surface area (Å²) >= 11 is 0. The Morgan fingerprint density at radius 2 is 2.13 bits per heavy atom. The summed E-state index contributed by atoms with van der Waals surface area (Å²) < 4.78 is 24.6. The molecule has 1 spiro atoms. The summed E-state index contributed by atoms with van der Waals surface area (Å²) in [5.74, 6) is -1.31. The molecule has 2 fully saturated rings. The topological polar surface area (TPSA) is 74.7 Å². The number of carboxylic acids is 1. The molecule has 0 aromatic rings. The molecule has 1 heterocycles. The van der Waals surface area contributed by atoms with Crippen molar-refractivity contribution in [1.29, 1.82) is 0 Å². The summed E-state index contributed by atoms with van der Waals surface area (Å²) in [6, 6.07) is 0. The van der Waals surface area contributed by atoms with Gasteiger partial charge in [0.15, 0.2) is 0 Å². The Kier molecular flexibility index (Phi) is 2.31. The maximum atomic E-state index is 11.6. The van der Waals surface area contributed by atoms with Gasteiger partial charge >= 0.3 is 5.97 Å². The van der Waals surface area contributed by atoms with Crippen LogP contribution in [-0.2, 0) is 14.8 Å². The molecule has 2 aliphatic rings. The maximum Gasteiger partial charge on any atom is 0.308 e. The van der Waals surface area contributed by atoms with E-state index in [0.717, 1.165) is 12.8 Å². The fourth-order valence-electron chi connectivity index (χ4n) is 2.32. The summed E-state index contributed by atoms with van der Waals surface area (Å²) in [6.45, 7) is 2.15. The quantitative estimate of drug-likeness (QED) is 0.752. The molecule has 1 saturated heterocycles.